The van der Waals surface area contributed by atoms with E-state index in [-0.39, 0.29) is 5.54 Å². The molecule has 0 N–H and O–H groups in total. The van der Waals surface area contributed by atoms with Gasteiger partial charge in [0.15, 0.2) is 0 Å². The van der Waals surface area contributed by atoms with E-state index in [2.05, 4.69) is 62.7 Å². The average molecular weight is 187 g/mol. The normalized spacial score (nSPS) is 12.3. The first-order valence-corrected chi connectivity index (χ1v) is 5.07. The lowest BCUT2D eigenvalue weighted by molar-refractivity contribution is 0.411. The number of nitrogens with zero attached hydrogens (tertiary/aromatic N) is 1. The minimum Gasteiger partial charge on any atom is -0.342 e. The highest BCUT2D eigenvalue weighted by molar-refractivity contribution is 5.81. The minimum atomic E-state index is 0.162. The molecule has 0 saturated carbocycles. The van der Waals surface area contributed by atoms with Gasteiger partial charge in [0.1, 0.15) is 0 Å². The summed E-state index contributed by atoms with van der Waals surface area (Å²) < 4.78 is 2.33. The summed E-state index contributed by atoms with van der Waals surface area (Å²) in [5, 5.41) is 1.32. The van der Waals surface area contributed by atoms with E-state index < -0.39 is 0 Å². The summed E-state index contributed by atoms with van der Waals surface area (Å²) in [5.41, 5.74) is 2.81. The van der Waals surface area contributed by atoms with Gasteiger partial charge < -0.3 is 4.57 Å². The highest BCUT2D eigenvalue weighted by Gasteiger charge is 2.14. The van der Waals surface area contributed by atoms with Crippen LogP contribution in [-0.2, 0) is 5.54 Å². The Morgan fingerprint density at radius 3 is 2.43 bits per heavy atom. The third-order valence-corrected chi connectivity index (χ3v) is 2.57. The summed E-state index contributed by atoms with van der Waals surface area (Å²) >= 11 is 0. The maximum atomic E-state index is 2.33. The second-order valence-corrected chi connectivity index (χ2v) is 4.92. The van der Waals surface area contributed by atoms with Crippen molar-refractivity contribution in [2.45, 2.75) is 33.2 Å². The summed E-state index contributed by atoms with van der Waals surface area (Å²) in [6, 6.07) is 8.78. The summed E-state index contributed by atoms with van der Waals surface area (Å²) in [4.78, 5) is 0. The van der Waals surface area contributed by atoms with Gasteiger partial charge in [-0.05, 0) is 50.8 Å². The van der Waals surface area contributed by atoms with Gasteiger partial charge in [-0.2, -0.15) is 0 Å². The van der Waals surface area contributed by atoms with Crippen molar-refractivity contribution in [3.8, 4) is 0 Å². The molecule has 0 atom stereocenters. The van der Waals surface area contributed by atoms with Gasteiger partial charge >= 0.3 is 0 Å². The molecule has 0 amide bonds. The molecule has 2 rings (SSSR count). The Bertz CT molecular complexity index is 458. The van der Waals surface area contributed by atoms with E-state index in [9.17, 15) is 0 Å². The van der Waals surface area contributed by atoms with Gasteiger partial charge in [0.05, 0.1) is 0 Å². The Hall–Kier alpha value is -1.24. The fourth-order valence-corrected chi connectivity index (χ4v) is 1.82. The molecule has 0 aliphatic rings. The first-order chi connectivity index (χ1) is 6.48. The summed E-state index contributed by atoms with van der Waals surface area (Å²) in [6.07, 6.45) is 2.17. The van der Waals surface area contributed by atoms with Crippen LogP contribution in [0.1, 0.15) is 26.3 Å². The van der Waals surface area contributed by atoms with Crippen LogP contribution in [0.2, 0.25) is 0 Å². The van der Waals surface area contributed by atoms with Gasteiger partial charge in [-0.15, -0.1) is 0 Å². The Morgan fingerprint density at radius 1 is 1.07 bits per heavy atom. The Morgan fingerprint density at radius 2 is 1.79 bits per heavy atom. The van der Waals surface area contributed by atoms with Crippen LogP contribution in [0.5, 0.6) is 0 Å². The van der Waals surface area contributed by atoms with Crippen molar-refractivity contribution in [3.63, 3.8) is 0 Å². The van der Waals surface area contributed by atoms with Crippen molar-refractivity contribution >= 4 is 10.9 Å². The van der Waals surface area contributed by atoms with Gasteiger partial charge in [0.25, 0.3) is 0 Å². The number of rotatable bonds is 0. The van der Waals surface area contributed by atoms with Crippen LogP contribution >= 0.6 is 0 Å². The van der Waals surface area contributed by atoms with Crippen LogP contribution in [0.4, 0.5) is 0 Å². The van der Waals surface area contributed by atoms with E-state index in [0.29, 0.717) is 0 Å². The Labute approximate surface area is 85.4 Å². The molecule has 1 nitrogen and oxygen atoms in total. The topological polar surface area (TPSA) is 4.93 Å². The number of aromatic nitrogens is 1. The third kappa shape index (κ3) is 1.43. The second-order valence-electron chi connectivity index (χ2n) is 4.92. The van der Waals surface area contributed by atoms with Gasteiger partial charge in [0, 0.05) is 17.3 Å². The molecular weight excluding hydrogens is 170 g/mol. The van der Waals surface area contributed by atoms with Gasteiger partial charge in [-0.3, -0.25) is 0 Å². The second kappa shape index (κ2) is 2.88. The maximum Gasteiger partial charge on any atom is 0.0487 e. The quantitative estimate of drug-likeness (QED) is 0.592. The van der Waals surface area contributed by atoms with E-state index in [4.69, 9.17) is 0 Å². The third-order valence-electron chi connectivity index (χ3n) is 2.57. The lowest BCUT2D eigenvalue weighted by Gasteiger charge is -2.22. The van der Waals surface area contributed by atoms with Gasteiger partial charge in [0.2, 0.25) is 0 Å². The number of benzene rings is 1. The molecule has 0 spiro atoms. The molecule has 0 bridgehead atoms. The lowest BCUT2D eigenvalue weighted by atomic mass is 10.1. The highest BCUT2D eigenvalue weighted by Crippen LogP contribution is 2.24. The highest BCUT2D eigenvalue weighted by atomic mass is 15.0. The number of fused-ring (bicyclic) bond motifs is 1. The summed E-state index contributed by atoms with van der Waals surface area (Å²) in [6.45, 7) is 8.83. The molecule has 0 aliphatic carbocycles. The van der Waals surface area contributed by atoms with E-state index in [1.807, 2.05) is 0 Å². The first kappa shape index (κ1) is 9.32. The van der Waals surface area contributed by atoms with Crippen molar-refractivity contribution in [1.82, 2.24) is 4.57 Å². The van der Waals surface area contributed by atoms with Crippen molar-refractivity contribution in [1.29, 1.82) is 0 Å². The van der Waals surface area contributed by atoms with Gasteiger partial charge in [-0.25, -0.2) is 0 Å². The molecule has 0 aliphatic heterocycles. The molecular formula is C13H17N. The molecule has 1 heteroatoms. The molecule has 0 saturated heterocycles. The van der Waals surface area contributed by atoms with Crippen LogP contribution in [0.3, 0.4) is 0 Å². The van der Waals surface area contributed by atoms with Crippen LogP contribution < -0.4 is 0 Å². The predicted octanol–water partition coefficient (Wildman–Crippen LogP) is 3.70. The van der Waals surface area contributed by atoms with Crippen LogP contribution in [0, 0.1) is 6.92 Å². The molecule has 1 heterocycles. The zero-order chi connectivity index (χ0) is 10.3. The molecule has 0 unspecified atom stereocenters. The first-order valence-electron chi connectivity index (χ1n) is 5.07. The van der Waals surface area contributed by atoms with Crippen molar-refractivity contribution < 1.29 is 0 Å². The maximum absolute atomic E-state index is 2.33. The van der Waals surface area contributed by atoms with Crippen LogP contribution in [-0.4, -0.2) is 4.57 Å². The lowest BCUT2D eigenvalue weighted by Crippen LogP contribution is -2.20. The zero-order valence-corrected chi connectivity index (χ0v) is 9.33. The summed E-state index contributed by atoms with van der Waals surface area (Å²) in [7, 11) is 0. The number of hydrogen-bond donors (Lipinski definition) is 0. The molecule has 1 aromatic heterocycles. The zero-order valence-electron chi connectivity index (χ0n) is 9.33. The average Bonchev–Trinajstić information content (AvgIpc) is 2.45. The van der Waals surface area contributed by atoms with Crippen LogP contribution in [0.25, 0.3) is 10.9 Å². The minimum absolute atomic E-state index is 0.162. The Balaban J connectivity index is 2.73. The monoisotopic (exact) mass is 187 g/mol. The largest absolute Gasteiger partial charge is 0.342 e. The van der Waals surface area contributed by atoms with E-state index in [0.717, 1.165) is 0 Å². The molecule has 2 aromatic rings. The fraction of sp³-hybridized carbons (Fsp3) is 0.385. The van der Waals surface area contributed by atoms with Crippen molar-refractivity contribution in [2.75, 3.05) is 0 Å². The molecule has 14 heavy (non-hydrogen) atoms. The smallest absolute Gasteiger partial charge is 0.0487 e. The van der Waals surface area contributed by atoms with Gasteiger partial charge in [-0.1, -0.05) is 12.1 Å². The molecule has 74 valence electrons. The summed E-state index contributed by atoms with van der Waals surface area (Å²) in [5.74, 6) is 0. The van der Waals surface area contributed by atoms with E-state index in [1.165, 1.54) is 16.5 Å². The van der Waals surface area contributed by atoms with Crippen molar-refractivity contribution in [2.24, 2.45) is 0 Å². The van der Waals surface area contributed by atoms with Crippen LogP contribution in [0.15, 0.2) is 30.5 Å². The molecule has 1 aromatic carbocycles. The fourth-order valence-electron chi connectivity index (χ4n) is 1.82. The predicted molar refractivity (Wildman–Crippen MR) is 61.7 cm³/mol. The molecule has 0 fully saturated rings. The molecule has 0 radical (unpaired) electrons. The number of hydrogen-bond acceptors (Lipinski definition) is 0. The standard InChI is InChI=1S/C13H17N/c1-10-5-6-11-7-8-14(12(11)9-10)13(2,3)4/h5-9H,1-4H3. The van der Waals surface area contributed by atoms with E-state index >= 15 is 0 Å². The van der Waals surface area contributed by atoms with E-state index in [1.54, 1.807) is 0 Å². The Kier molecular flexibility index (Phi) is 1.91. The SMILES string of the molecule is Cc1ccc2ccn(C(C)(C)C)c2c1. The van der Waals surface area contributed by atoms with Crippen molar-refractivity contribution in [3.05, 3.63) is 36.0 Å². The number of aryl methyl sites for hydroxylation is 1.